The van der Waals surface area contributed by atoms with E-state index in [9.17, 15) is 5.11 Å². The molecule has 0 aromatic heterocycles. The van der Waals surface area contributed by atoms with Gasteiger partial charge in [-0.1, -0.05) is 12.1 Å². The number of aliphatic hydroxyl groups is 1. The van der Waals surface area contributed by atoms with Gasteiger partial charge in [-0.05, 0) is 52.2 Å². The molecule has 0 spiro atoms. The molecule has 2 aliphatic rings. The Morgan fingerprint density at radius 1 is 1.00 bits per heavy atom. The number of β-amino-alcohol motifs (C(OH)–C–C–N with tert-alkyl or cyclic N) is 1. The van der Waals surface area contributed by atoms with Gasteiger partial charge in [0.05, 0.1) is 41.8 Å². The third-order valence-corrected chi connectivity index (χ3v) is 5.82. The molecule has 0 amide bonds. The summed E-state index contributed by atoms with van der Waals surface area (Å²) in [4.78, 5) is 1.22. The zero-order valence-electron chi connectivity index (χ0n) is 14.0. The smallest absolute Gasteiger partial charge is 0.399 e. The van der Waals surface area contributed by atoms with Gasteiger partial charge < -0.3 is 14.4 Å². The van der Waals surface area contributed by atoms with Crippen LogP contribution in [-0.2, 0) is 21.3 Å². The van der Waals surface area contributed by atoms with Gasteiger partial charge in [0.1, 0.15) is 0 Å². The Kier molecular flexibility index (Phi) is 3.90. The van der Waals surface area contributed by atoms with Gasteiger partial charge in [0.15, 0.2) is 4.90 Å². The minimum Gasteiger partial charge on any atom is -0.399 e. The lowest BCUT2D eigenvalue weighted by atomic mass is 9.79. The molecule has 2 heterocycles. The highest BCUT2D eigenvalue weighted by Crippen LogP contribution is 2.36. The van der Waals surface area contributed by atoms with E-state index in [4.69, 9.17) is 9.31 Å². The average Bonchev–Trinajstić information content (AvgIpc) is 2.57. The van der Waals surface area contributed by atoms with Crippen molar-refractivity contribution in [1.82, 2.24) is 4.31 Å². The first-order valence-corrected chi connectivity index (χ1v) is 8.57. The molecule has 0 aliphatic carbocycles. The quantitative estimate of drug-likeness (QED) is 0.515. The van der Waals surface area contributed by atoms with Crippen molar-refractivity contribution < 1.29 is 14.4 Å². The highest BCUT2D eigenvalue weighted by molar-refractivity contribution is 7.76. The number of rotatable bonds is 3. The van der Waals surface area contributed by atoms with Crippen LogP contribution in [-0.4, -0.2) is 46.4 Å². The second kappa shape index (κ2) is 5.25. The molecule has 0 saturated carbocycles. The van der Waals surface area contributed by atoms with E-state index >= 15 is 0 Å². The predicted octanol–water partition coefficient (Wildman–Crippen LogP) is 1.14. The first kappa shape index (κ1) is 16.3. The van der Waals surface area contributed by atoms with E-state index in [-0.39, 0.29) is 18.3 Å². The van der Waals surface area contributed by atoms with Crippen molar-refractivity contribution in [2.45, 2.75) is 56.3 Å². The van der Waals surface area contributed by atoms with Crippen molar-refractivity contribution in [3.8, 4) is 0 Å². The molecular weight excluding hydrogens is 297 g/mol. The van der Waals surface area contributed by atoms with Crippen LogP contribution in [0.4, 0.5) is 0 Å². The monoisotopic (exact) mass is 322 g/mol. The van der Waals surface area contributed by atoms with Crippen LogP contribution in [0.2, 0.25) is 0 Å². The molecule has 1 aromatic carbocycles. The van der Waals surface area contributed by atoms with Crippen LogP contribution in [0.5, 0.6) is 0 Å². The summed E-state index contributed by atoms with van der Waals surface area (Å²) in [5, 5.41) is 9.77. The van der Waals surface area contributed by atoms with Crippen molar-refractivity contribution in [3.63, 3.8) is 0 Å². The molecule has 4 nitrogen and oxygen atoms in total. The lowest BCUT2D eigenvalue weighted by molar-refractivity contribution is -0.0384. The van der Waals surface area contributed by atoms with E-state index in [1.165, 1.54) is 4.90 Å². The van der Waals surface area contributed by atoms with Crippen LogP contribution in [0, 0.1) is 0 Å². The van der Waals surface area contributed by atoms with Crippen molar-refractivity contribution in [2.24, 2.45) is 0 Å². The molecule has 1 aromatic rings. The van der Waals surface area contributed by atoms with Crippen molar-refractivity contribution in [3.05, 3.63) is 24.3 Å². The first-order chi connectivity index (χ1) is 10.1. The number of hydrogen-bond acceptors (Lipinski definition) is 4. The molecule has 1 N–H and O–H groups in total. The summed E-state index contributed by atoms with van der Waals surface area (Å²) in [6.45, 7) is 11.6. The Bertz CT molecular complexity index is 535. The number of nitrogens with zero attached hydrogens (tertiary/aromatic N) is 1. The Morgan fingerprint density at radius 2 is 1.50 bits per heavy atom. The zero-order chi connectivity index (χ0) is 16.2. The average molecular weight is 322 g/mol. The van der Waals surface area contributed by atoms with Gasteiger partial charge in [0.25, 0.3) is 0 Å². The second-order valence-corrected chi connectivity index (χ2v) is 8.88. The molecule has 0 atom stereocenters. The van der Waals surface area contributed by atoms with E-state index in [0.29, 0.717) is 0 Å². The third-order valence-electron chi connectivity index (χ3n) is 4.72. The maximum atomic E-state index is 9.77. The summed E-state index contributed by atoms with van der Waals surface area (Å²) >= 11 is 1.14. The first-order valence-electron chi connectivity index (χ1n) is 7.73. The van der Waals surface area contributed by atoms with Crippen LogP contribution in [0.3, 0.4) is 0 Å². The number of hydrogen-bond donors (Lipinski definition) is 1. The Morgan fingerprint density at radius 3 is 1.95 bits per heavy atom. The summed E-state index contributed by atoms with van der Waals surface area (Å²) in [6.07, 6.45) is 0. The molecule has 2 aliphatic heterocycles. The predicted molar refractivity (Wildman–Crippen MR) is 91.4 cm³/mol. The molecule has 0 radical (unpaired) electrons. The molecule has 0 unspecified atom stereocenters. The van der Waals surface area contributed by atoms with Crippen LogP contribution >= 0.6 is 0 Å². The maximum Gasteiger partial charge on any atom is 0.494 e. The topological polar surface area (TPSA) is 41.9 Å². The van der Waals surface area contributed by atoms with Crippen LogP contribution in [0.1, 0.15) is 34.6 Å². The van der Waals surface area contributed by atoms with Gasteiger partial charge in [0, 0.05) is 0 Å². The molecular formula is C16H25BNO3S+. The lowest BCUT2D eigenvalue weighted by Crippen LogP contribution is -2.58. The van der Waals surface area contributed by atoms with E-state index in [1.807, 2.05) is 6.92 Å². The fourth-order valence-corrected chi connectivity index (χ4v) is 4.01. The number of thiol groups is 1. The largest absolute Gasteiger partial charge is 0.494 e. The third kappa shape index (κ3) is 3.08. The van der Waals surface area contributed by atoms with E-state index in [0.717, 1.165) is 30.5 Å². The minimum absolute atomic E-state index is 0.305. The molecule has 0 bridgehead atoms. The summed E-state index contributed by atoms with van der Waals surface area (Å²) in [7, 11) is -0.305. The van der Waals surface area contributed by atoms with Gasteiger partial charge in [0.2, 0.25) is 0 Å². The van der Waals surface area contributed by atoms with Gasteiger partial charge in [-0.2, -0.15) is 0 Å². The van der Waals surface area contributed by atoms with Gasteiger partial charge in [-0.3, -0.25) is 0 Å². The number of benzene rings is 1. The van der Waals surface area contributed by atoms with Crippen molar-refractivity contribution >= 4 is 24.5 Å². The molecule has 22 heavy (non-hydrogen) atoms. The second-order valence-electron chi connectivity index (χ2n) is 7.60. The molecule has 2 saturated heterocycles. The fourth-order valence-electron chi connectivity index (χ4n) is 2.65. The van der Waals surface area contributed by atoms with Crippen molar-refractivity contribution in [2.75, 3.05) is 13.1 Å². The molecule has 3 rings (SSSR count). The summed E-state index contributed by atoms with van der Waals surface area (Å²) in [5.41, 5.74) is -0.0844. The molecule has 2 fully saturated rings. The van der Waals surface area contributed by atoms with Gasteiger partial charge in [-0.15, -0.1) is 4.31 Å². The summed E-state index contributed by atoms with van der Waals surface area (Å²) < 4.78 is 14.3. The Balaban J connectivity index is 1.63. The van der Waals surface area contributed by atoms with Gasteiger partial charge in [-0.25, -0.2) is 0 Å². The van der Waals surface area contributed by atoms with E-state index in [1.54, 1.807) is 0 Å². The van der Waals surface area contributed by atoms with Gasteiger partial charge >= 0.3 is 7.12 Å². The van der Waals surface area contributed by atoms with E-state index in [2.05, 4.69) is 56.3 Å². The minimum atomic E-state index is -0.518. The van der Waals surface area contributed by atoms with Crippen LogP contribution in [0.25, 0.3) is 0 Å². The maximum absolute atomic E-state index is 9.77. The normalized spacial score (nSPS) is 26.0. The standard InChI is InChI=1S/C16H24BNO3S/c1-14(2)15(3,4)21-17(20-14)12-6-8-13(9-7-12)22-18-10-16(5,19)11-18/h6-9,19H,10-11H2,1-5H3/p+1. The highest BCUT2D eigenvalue weighted by atomic mass is 32.2. The Labute approximate surface area is 137 Å². The SMILES string of the molecule is CC1(O)CN([SH+]c2ccc(B3OC(C)(C)C(C)(C)O3)cc2)C1. The van der Waals surface area contributed by atoms with E-state index < -0.39 is 5.60 Å². The van der Waals surface area contributed by atoms with Crippen molar-refractivity contribution in [1.29, 1.82) is 0 Å². The fraction of sp³-hybridized carbons (Fsp3) is 0.625. The molecule has 120 valence electrons. The van der Waals surface area contributed by atoms with Crippen LogP contribution in [0.15, 0.2) is 29.2 Å². The summed E-state index contributed by atoms with van der Waals surface area (Å²) in [6, 6.07) is 8.36. The summed E-state index contributed by atoms with van der Waals surface area (Å²) in [5.74, 6) is 0. The lowest BCUT2D eigenvalue weighted by Gasteiger charge is -2.37. The highest BCUT2D eigenvalue weighted by Gasteiger charge is 2.51. The van der Waals surface area contributed by atoms with Crippen LogP contribution < -0.4 is 5.46 Å². The molecule has 6 heteroatoms. The Hall–Kier alpha value is -0.525. The zero-order valence-corrected chi connectivity index (χ0v) is 14.9.